The molecule has 1 aliphatic carbocycles. The number of benzene rings is 3. The number of rotatable bonds is 11. The summed E-state index contributed by atoms with van der Waals surface area (Å²) in [7, 11) is -4.16. The topological polar surface area (TPSA) is 86.8 Å². The van der Waals surface area contributed by atoms with Gasteiger partial charge in [0.1, 0.15) is 18.4 Å². The summed E-state index contributed by atoms with van der Waals surface area (Å²) < 4.78 is 68.5. The molecule has 0 spiro atoms. The maximum Gasteiger partial charge on any atom is 0.244 e. The minimum atomic E-state index is -4.16. The van der Waals surface area contributed by atoms with Gasteiger partial charge in [-0.25, -0.2) is 21.6 Å². The number of halogens is 3. The van der Waals surface area contributed by atoms with Gasteiger partial charge in [-0.1, -0.05) is 61.4 Å². The average Bonchev–Trinajstić information content (AvgIpc) is 3.44. The Morgan fingerprint density at radius 3 is 2.20 bits per heavy atom. The molecule has 0 aliphatic heterocycles. The van der Waals surface area contributed by atoms with Crippen molar-refractivity contribution in [3.63, 3.8) is 0 Å². The molecule has 0 unspecified atom stereocenters. The molecule has 3 aromatic carbocycles. The maximum absolute atomic E-state index is 14.8. The lowest BCUT2D eigenvalue weighted by Crippen LogP contribution is -2.54. The fourth-order valence-corrected chi connectivity index (χ4v) is 5.83. The van der Waals surface area contributed by atoms with Gasteiger partial charge < -0.3 is 10.2 Å². The number of nitrogens with one attached hydrogen (secondary N) is 1. The van der Waals surface area contributed by atoms with E-state index in [-0.39, 0.29) is 30.3 Å². The molecule has 1 atom stereocenters. The third kappa shape index (κ3) is 7.87. The minimum absolute atomic E-state index is 0.0686. The van der Waals surface area contributed by atoms with E-state index in [1.54, 1.807) is 30.3 Å². The lowest BCUT2D eigenvalue weighted by atomic mass is 10.0. The molecule has 11 heteroatoms. The predicted octanol–water partition coefficient (Wildman–Crippen LogP) is 4.57. The van der Waals surface area contributed by atoms with E-state index in [2.05, 4.69) is 5.32 Å². The van der Waals surface area contributed by atoms with Crippen LogP contribution in [-0.4, -0.2) is 50.0 Å². The Morgan fingerprint density at radius 2 is 1.56 bits per heavy atom. The molecule has 1 aliphatic rings. The van der Waals surface area contributed by atoms with Gasteiger partial charge in [-0.2, -0.15) is 0 Å². The number of amides is 2. The second kappa shape index (κ2) is 13.2. The highest BCUT2D eigenvalue weighted by atomic mass is 32.2. The first-order valence-corrected chi connectivity index (χ1v) is 15.2. The molecule has 2 amide bonds. The molecule has 0 aromatic heterocycles. The first-order valence-electron chi connectivity index (χ1n) is 13.3. The van der Waals surface area contributed by atoms with Crippen molar-refractivity contribution in [1.29, 1.82) is 0 Å². The number of anilines is 1. The Kier molecular flexibility index (Phi) is 9.69. The number of hydrogen-bond donors (Lipinski definition) is 1. The second-order valence-electron chi connectivity index (χ2n) is 10.2. The molecule has 41 heavy (non-hydrogen) atoms. The Labute approximate surface area is 238 Å². The van der Waals surface area contributed by atoms with Gasteiger partial charge in [-0.15, -0.1) is 0 Å². The van der Waals surface area contributed by atoms with E-state index >= 15 is 0 Å². The Balaban J connectivity index is 1.74. The van der Waals surface area contributed by atoms with Gasteiger partial charge in [-0.3, -0.25) is 13.9 Å². The van der Waals surface area contributed by atoms with Crippen LogP contribution in [0.4, 0.5) is 18.9 Å². The highest BCUT2D eigenvalue weighted by Gasteiger charge is 2.34. The van der Waals surface area contributed by atoms with Crippen molar-refractivity contribution in [3.8, 4) is 0 Å². The maximum atomic E-state index is 14.8. The first kappa shape index (κ1) is 30.1. The van der Waals surface area contributed by atoms with Crippen LogP contribution in [0.15, 0.2) is 72.8 Å². The molecule has 0 heterocycles. The molecule has 0 bridgehead atoms. The first-order chi connectivity index (χ1) is 19.5. The summed E-state index contributed by atoms with van der Waals surface area (Å²) >= 11 is 0. The van der Waals surface area contributed by atoms with Crippen LogP contribution in [0.5, 0.6) is 0 Å². The van der Waals surface area contributed by atoms with Crippen molar-refractivity contribution in [1.82, 2.24) is 10.2 Å². The zero-order chi connectivity index (χ0) is 29.6. The number of hydrogen-bond acceptors (Lipinski definition) is 4. The molecular weight excluding hydrogens is 555 g/mol. The standard InChI is InChI=1S/C30H32F3N3O4S/c1-41(39,40)36(24-15-16-26(32)27(33)18-24)20-29(37)35(19-22-11-5-8-14-25(22)31)28(17-21-9-3-2-4-10-21)30(38)34-23-12-6-7-13-23/h2-5,8-11,14-16,18,23,28H,6-7,12-13,17,19-20H2,1H3,(H,34,38)/t28-/m1/s1. The molecule has 3 aromatic rings. The van der Waals surface area contributed by atoms with Gasteiger partial charge in [0.2, 0.25) is 21.8 Å². The van der Waals surface area contributed by atoms with Crippen LogP contribution in [0, 0.1) is 17.5 Å². The monoisotopic (exact) mass is 587 g/mol. The predicted molar refractivity (Wildman–Crippen MR) is 150 cm³/mol. The third-order valence-electron chi connectivity index (χ3n) is 7.14. The van der Waals surface area contributed by atoms with Crippen molar-refractivity contribution < 1.29 is 31.2 Å². The Hall–Kier alpha value is -3.86. The summed E-state index contributed by atoms with van der Waals surface area (Å²) in [6.45, 7) is -1.14. The summed E-state index contributed by atoms with van der Waals surface area (Å²) in [5.41, 5.74) is 0.609. The number of sulfonamides is 1. The third-order valence-corrected chi connectivity index (χ3v) is 8.28. The van der Waals surface area contributed by atoms with Crippen molar-refractivity contribution >= 4 is 27.5 Å². The molecule has 0 saturated heterocycles. The highest BCUT2D eigenvalue weighted by molar-refractivity contribution is 7.92. The quantitative estimate of drug-likeness (QED) is 0.356. The molecule has 0 radical (unpaired) electrons. The van der Waals surface area contributed by atoms with Crippen LogP contribution >= 0.6 is 0 Å². The van der Waals surface area contributed by atoms with Gasteiger partial charge in [0.05, 0.1) is 11.9 Å². The number of carbonyl (C=O) groups is 2. The minimum Gasteiger partial charge on any atom is -0.352 e. The lowest BCUT2D eigenvalue weighted by molar-refractivity contribution is -0.140. The molecule has 1 saturated carbocycles. The van der Waals surface area contributed by atoms with Crippen LogP contribution in [0.1, 0.15) is 36.8 Å². The molecule has 1 N–H and O–H groups in total. The largest absolute Gasteiger partial charge is 0.352 e. The van der Waals surface area contributed by atoms with Gasteiger partial charge in [0.25, 0.3) is 0 Å². The smallest absolute Gasteiger partial charge is 0.244 e. The number of nitrogens with zero attached hydrogens (tertiary/aromatic N) is 2. The van der Waals surface area contributed by atoms with Crippen molar-refractivity contribution in [2.75, 3.05) is 17.1 Å². The van der Waals surface area contributed by atoms with E-state index in [4.69, 9.17) is 0 Å². The molecule has 1 fully saturated rings. The van der Waals surface area contributed by atoms with Gasteiger partial charge in [0, 0.05) is 30.6 Å². The van der Waals surface area contributed by atoms with Gasteiger partial charge >= 0.3 is 0 Å². The summed E-state index contributed by atoms with van der Waals surface area (Å²) in [6.07, 6.45) is 4.43. The average molecular weight is 588 g/mol. The Bertz CT molecular complexity index is 1480. The Morgan fingerprint density at radius 1 is 0.902 bits per heavy atom. The van der Waals surface area contributed by atoms with Gasteiger partial charge in [0.15, 0.2) is 11.6 Å². The molecular formula is C30H32F3N3O4S. The van der Waals surface area contributed by atoms with Crippen LogP contribution in [0.3, 0.4) is 0 Å². The van der Waals surface area contributed by atoms with E-state index < -0.39 is 51.9 Å². The van der Waals surface area contributed by atoms with E-state index in [1.807, 2.05) is 6.07 Å². The van der Waals surface area contributed by atoms with Crippen molar-refractivity contribution in [2.24, 2.45) is 0 Å². The van der Waals surface area contributed by atoms with E-state index in [0.29, 0.717) is 10.4 Å². The summed E-state index contributed by atoms with van der Waals surface area (Å²) in [5.74, 6) is -4.32. The second-order valence-corrected chi connectivity index (χ2v) is 12.1. The summed E-state index contributed by atoms with van der Waals surface area (Å²) in [4.78, 5) is 28.9. The summed E-state index contributed by atoms with van der Waals surface area (Å²) in [6, 6.07) is 16.1. The number of carbonyl (C=O) groups excluding carboxylic acids is 2. The fraction of sp³-hybridized carbons (Fsp3) is 0.333. The SMILES string of the molecule is CS(=O)(=O)N(CC(=O)N(Cc1ccccc1F)[C@H](Cc1ccccc1)C(=O)NC1CCCC1)c1ccc(F)c(F)c1. The van der Waals surface area contributed by atoms with Crippen LogP contribution in [-0.2, 0) is 32.6 Å². The fourth-order valence-electron chi connectivity index (χ4n) is 4.99. The van der Waals surface area contributed by atoms with Crippen molar-refractivity contribution in [2.45, 2.75) is 50.7 Å². The van der Waals surface area contributed by atoms with E-state index in [1.165, 1.54) is 18.2 Å². The van der Waals surface area contributed by atoms with Crippen LogP contribution in [0.25, 0.3) is 0 Å². The normalized spacial score (nSPS) is 14.4. The van der Waals surface area contributed by atoms with Crippen LogP contribution in [0.2, 0.25) is 0 Å². The summed E-state index contributed by atoms with van der Waals surface area (Å²) in [5, 5.41) is 3.01. The molecule has 218 valence electrons. The van der Waals surface area contributed by atoms with Crippen molar-refractivity contribution in [3.05, 3.63) is 101 Å². The highest BCUT2D eigenvalue weighted by Crippen LogP contribution is 2.24. The molecule has 4 rings (SSSR count). The molecule has 7 nitrogen and oxygen atoms in total. The lowest BCUT2D eigenvalue weighted by Gasteiger charge is -2.34. The van der Waals surface area contributed by atoms with Gasteiger partial charge in [-0.05, 0) is 36.6 Å². The zero-order valence-corrected chi connectivity index (χ0v) is 23.4. The van der Waals surface area contributed by atoms with Crippen LogP contribution < -0.4 is 9.62 Å². The zero-order valence-electron chi connectivity index (χ0n) is 22.6. The van der Waals surface area contributed by atoms with E-state index in [9.17, 15) is 31.2 Å². The van der Waals surface area contributed by atoms with E-state index in [0.717, 1.165) is 54.5 Å².